The minimum Gasteiger partial charge on any atom is -0.368 e. The highest BCUT2D eigenvalue weighted by Gasteiger charge is 2.09. The number of nitrogens with one attached hydrogen (secondary N) is 1. The highest BCUT2D eigenvalue weighted by atomic mass is 16.1. The maximum atomic E-state index is 10.9. The molecule has 6 nitrogen and oxygen atoms in total. The SMILES string of the molecule is Cc1cnc(N)nc1-c1c[nH]c(C(N)=O)c1. The molecule has 0 aromatic carbocycles. The average molecular weight is 217 g/mol. The first-order valence-electron chi connectivity index (χ1n) is 4.65. The minimum absolute atomic E-state index is 0.197. The molecule has 0 unspecified atom stereocenters. The summed E-state index contributed by atoms with van der Waals surface area (Å²) in [6.45, 7) is 1.87. The lowest BCUT2D eigenvalue weighted by Crippen LogP contribution is -2.10. The van der Waals surface area contributed by atoms with Gasteiger partial charge in [0.25, 0.3) is 5.91 Å². The van der Waals surface area contributed by atoms with E-state index in [2.05, 4.69) is 15.0 Å². The van der Waals surface area contributed by atoms with E-state index in [1.54, 1.807) is 18.5 Å². The van der Waals surface area contributed by atoms with Crippen molar-refractivity contribution in [1.82, 2.24) is 15.0 Å². The van der Waals surface area contributed by atoms with Gasteiger partial charge in [-0.25, -0.2) is 9.97 Å². The van der Waals surface area contributed by atoms with Gasteiger partial charge in [0.15, 0.2) is 0 Å². The summed E-state index contributed by atoms with van der Waals surface area (Å²) in [4.78, 5) is 21.7. The number of aryl methyl sites for hydroxylation is 1. The number of H-pyrrole nitrogens is 1. The number of carbonyl (C=O) groups excluding carboxylic acids is 1. The monoisotopic (exact) mass is 217 g/mol. The quantitative estimate of drug-likeness (QED) is 0.678. The summed E-state index contributed by atoms with van der Waals surface area (Å²) < 4.78 is 0. The minimum atomic E-state index is -0.508. The molecule has 82 valence electrons. The van der Waals surface area contributed by atoms with Gasteiger partial charge in [-0.2, -0.15) is 0 Å². The standard InChI is InChI=1S/C10H11N5O/c1-5-3-14-10(12)15-8(5)6-2-7(9(11)16)13-4-6/h2-4,13H,1H3,(H2,11,16)(H2,12,14,15). The van der Waals surface area contributed by atoms with E-state index in [1.165, 1.54) is 0 Å². The van der Waals surface area contributed by atoms with E-state index in [1.807, 2.05) is 6.92 Å². The van der Waals surface area contributed by atoms with Gasteiger partial charge in [0.05, 0.1) is 5.69 Å². The Hall–Kier alpha value is -2.37. The molecule has 1 amide bonds. The van der Waals surface area contributed by atoms with Crippen LogP contribution in [0, 0.1) is 6.92 Å². The van der Waals surface area contributed by atoms with Crippen molar-refractivity contribution in [2.75, 3.05) is 5.73 Å². The Balaban J connectivity index is 2.50. The third-order valence-electron chi connectivity index (χ3n) is 2.21. The summed E-state index contributed by atoms with van der Waals surface area (Å²) in [5, 5.41) is 0. The molecule has 0 saturated heterocycles. The van der Waals surface area contributed by atoms with Crippen LogP contribution in [0.3, 0.4) is 0 Å². The average Bonchev–Trinajstić information content (AvgIpc) is 2.70. The molecule has 2 heterocycles. The molecule has 0 atom stereocenters. The molecule has 0 saturated carbocycles. The van der Waals surface area contributed by atoms with Crippen LogP contribution in [0.25, 0.3) is 11.3 Å². The predicted octanol–water partition coefficient (Wildman–Crippen LogP) is 0.461. The molecule has 0 aliphatic heterocycles. The van der Waals surface area contributed by atoms with Crippen LogP contribution in [0.1, 0.15) is 16.1 Å². The Bertz CT molecular complexity index is 546. The lowest BCUT2D eigenvalue weighted by Gasteiger charge is -2.01. The number of hydrogen-bond acceptors (Lipinski definition) is 4. The summed E-state index contributed by atoms with van der Waals surface area (Å²) in [5.74, 6) is -0.312. The molecule has 2 rings (SSSR count). The second-order valence-corrected chi connectivity index (χ2v) is 3.43. The van der Waals surface area contributed by atoms with Crippen LogP contribution in [0.15, 0.2) is 18.5 Å². The zero-order chi connectivity index (χ0) is 11.7. The first kappa shape index (κ1) is 10.2. The number of aromatic nitrogens is 3. The van der Waals surface area contributed by atoms with E-state index in [4.69, 9.17) is 11.5 Å². The normalized spacial score (nSPS) is 10.3. The topological polar surface area (TPSA) is 111 Å². The molecular weight excluding hydrogens is 206 g/mol. The van der Waals surface area contributed by atoms with E-state index < -0.39 is 5.91 Å². The number of nitrogen functional groups attached to an aromatic ring is 1. The Morgan fingerprint density at radius 3 is 2.88 bits per heavy atom. The lowest BCUT2D eigenvalue weighted by atomic mass is 10.1. The molecule has 0 aliphatic carbocycles. The Kier molecular flexibility index (Phi) is 2.32. The van der Waals surface area contributed by atoms with Crippen molar-refractivity contribution in [2.45, 2.75) is 6.92 Å². The summed E-state index contributed by atoms with van der Waals surface area (Å²) >= 11 is 0. The number of anilines is 1. The van der Waals surface area contributed by atoms with Gasteiger partial charge >= 0.3 is 0 Å². The summed E-state index contributed by atoms with van der Waals surface area (Å²) in [5.41, 5.74) is 13.3. The summed E-state index contributed by atoms with van der Waals surface area (Å²) in [7, 11) is 0. The Labute approximate surface area is 91.7 Å². The van der Waals surface area contributed by atoms with Gasteiger partial charge in [-0.1, -0.05) is 0 Å². The molecule has 5 N–H and O–H groups in total. The molecular formula is C10H11N5O. The molecule has 0 aliphatic rings. The van der Waals surface area contributed by atoms with E-state index in [-0.39, 0.29) is 5.95 Å². The molecule has 0 bridgehead atoms. The highest BCUT2D eigenvalue weighted by molar-refractivity contribution is 5.92. The molecule has 6 heteroatoms. The number of hydrogen-bond donors (Lipinski definition) is 3. The van der Waals surface area contributed by atoms with Crippen molar-refractivity contribution in [2.24, 2.45) is 5.73 Å². The predicted molar refractivity (Wildman–Crippen MR) is 59.5 cm³/mol. The Morgan fingerprint density at radius 1 is 1.50 bits per heavy atom. The van der Waals surface area contributed by atoms with Crippen molar-refractivity contribution < 1.29 is 4.79 Å². The van der Waals surface area contributed by atoms with Crippen LogP contribution in [-0.2, 0) is 0 Å². The second-order valence-electron chi connectivity index (χ2n) is 3.43. The molecule has 16 heavy (non-hydrogen) atoms. The van der Waals surface area contributed by atoms with E-state index in [9.17, 15) is 4.79 Å². The van der Waals surface area contributed by atoms with Crippen LogP contribution in [0.4, 0.5) is 5.95 Å². The fourth-order valence-electron chi connectivity index (χ4n) is 1.42. The van der Waals surface area contributed by atoms with E-state index in [0.29, 0.717) is 11.4 Å². The van der Waals surface area contributed by atoms with Crippen molar-refractivity contribution in [1.29, 1.82) is 0 Å². The maximum absolute atomic E-state index is 10.9. The number of carbonyl (C=O) groups is 1. The largest absolute Gasteiger partial charge is 0.368 e. The van der Waals surface area contributed by atoms with Gasteiger partial charge in [0.2, 0.25) is 5.95 Å². The Morgan fingerprint density at radius 2 is 2.25 bits per heavy atom. The second kappa shape index (κ2) is 3.65. The number of nitrogens with two attached hydrogens (primary N) is 2. The molecule has 0 radical (unpaired) electrons. The first-order chi connectivity index (χ1) is 7.58. The first-order valence-corrected chi connectivity index (χ1v) is 4.65. The summed E-state index contributed by atoms with van der Waals surface area (Å²) in [6.07, 6.45) is 3.30. The van der Waals surface area contributed by atoms with Gasteiger partial charge in [0, 0.05) is 18.0 Å². The van der Waals surface area contributed by atoms with Crippen LogP contribution in [0.2, 0.25) is 0 Å². The van der Waals surface area contributed by atoms with Gasteiger partial charge in [-0.3, -0.25) is 4.79 Å². The smallest absolute Gasteiger partial charge is 0.265 e. The van der Waals surface area contributed by atoms with Crippen LogP contribution < -0.4 is 11.5 Å². The van der Waals surface area contributed by atoms with Gasteiger partial charge in [0.1, 0.15) is 5.69 Å². The van der Waals surface area contributed by atoms with Crippen molar-refractivity contribution in [3.8, 4) is 11.3 Å². The highest BCUT2D eigenvalue weighted by Crippen LogP contribution is 2.21. The number of amides is 1. The zero-order valence-electron chi connectivity index (χ0n) is 8.69. The zero-order valence-corrected chi connectivity index (χ0v) is 8.69. The third-order valence-corrected chi connectivity index (χ3v) is 2.21. The number of aromatic amines is 1. The van der Waals surface area contributed by atoms with Gasteiger partial charge < -0.3 is 16.5 Å². The maximum Gasteiger partial charge on any atom is 0.265 e. The van der Waals surface area contributed by atoms with E-state index >= 15 is 0 Å². The van der Waals surface area contributed by atoms with Gasteiger partial charge in [-0.05, 0) is 18.6 Å². The van der Waals surface area contributed by atoms with E-state index in [0.717, 1.165) is 11.1 Å². The molecule has 0 spiro atoms. The number of primary amides is 1. The summed E-state index contributed by atoms with van der Waals surface area (Å²) in [6, 6.07) is 1.64. The molecule has 0 fully saturated rings. The molecule has 2 aromatic rings. The lowest BCUT2D eigenvalue weighted by molar-refractivity contribution is 0.0996. The van der Waals surface area contributed by atoms with Crippen LogP contribution in [0.5, 0.6) is 0 Å². The fraction of sp³-hybridized carbons (Fsp3) is 0.100. The van der Waals surface area contributed by atoms with Crippen molar-refractivity contribution >= 4 is 11.9 Å². The number of nitrogens with zero attached hydrogens (tertiary/aromatic N) is 2. The van der Waals surface area contributed by atoms with Crippen molar-refractivity contribution in [3.63, 3.8) is 0 Å². The van der Waals surface area contributed by atoms with Gasteiger partial charge in [-0.15, -0.1) is 0 Å². The third kappa shape index (κ3) is 1.72. The van der Waals surface area contributed by atoms with Crippen molar-refractivity contribution in [3.05, 3.63) is 29.7 Å². The fourth-order valence-corrected chi connectivity index (χ4v) is 1.42. The van der Waals surface area contributed by atoms with Crippen LogP contribution >= 0.6 is 0 Å². The number of rotatable bonds is 2. The van der Waals surface area contributed by atoms with Crippen LogP contribution in [-0.4, -0.2) is 20.9 Å². The molecule has 2 aromatic heterocycles.